The van der Waals surface area contributed by atoms with Gasteiger partial charge in [0.25, 0.3) is 0 Å². The van der Waals surface area contributed by atoms with E-state index in [1.54, 1.807) is 37.8 Å². The summed E-state index contributed by atoms with van der Waals surface area (Å²) in [6.07, 6.45) is 2.89. The van der Waals surface area contributed by atoms with Crippen molar-refractivity contribution in [3.8, 4) is 5.75 Å². The van der Waals surface area contributed by atoms with Crippen molar-refractivity contribution in [1.82, 2.24) is 15.5 Å². The number of unbranched alkanes of at least 4 members (excludes halogenated alkanes) is 2. The molecule has 220 valence electrons. The van der Waals surface area contributed by atoms with Crippen LogP contribution in [0.15, 0.2) is 54.6 Å². The molecule has 2 rings (SSSR count). The number of benzene rings is 2. The molecule has 0 radical (unpaired) electrons. The van der Waals surface area contributed by atoms with Gasteiger partial charge in [0.1, 0.15) is 23.4 Å². The Morgan fingerprint density at radius 2 is 1.55 bits per heavy atom. The number of aromatic hydroxyl groups is 1. The van der Waals surface area contributed by atoms with Crippen LogP contribution in [0.4, 0.5) is 4.79 Å². The molecule has 8 heteroatoms. The third-order valence-electron chi connectivity index (χ3n) is 6.82. The number of phenols is 1. The summed E-state index contributed by atoms with van der Waals surface area (Å²) in [7, 11) is 0. The molecule has 0 saturated heterocycles. The fraction of sp³-hybridized carbons (Fsp3) is 0.531. The SMILES string of the molecule is CCCCCNC(=O)C(c1ccc(O)cc1)N(C(=O)C(Cc1ccccc1)NC(=O)OC(C)(C)C)C(C)(C)CC. The monoisotopic (exact) mass is 553 g/mol. The van der Waals surface area contributed by atoms with Gasteiger partial charge in [0.2, 0.25) is 11.8 Å². The normalized spacial score (nSPS) is 13.2. The molecule has 2 unspecified atom stereocenters. The van der Waals surface area contributed by atoms with E-state index in [4.69, 9.17) is 4.74 Å². The van der Waals surface area contributed by atoms with Crippen LogP contribution in [0, 0.1) is 0 Å². The van der Waals surface area contributed by atoms with Crippen LogP contribution < -0.4 is 10.6 Å². The zero-order valence-electron chi connectivity index (χ0n) is 25.1. The summed E-state index contributed by atoms with van der Waals surface area (Å²) in [6.45, 7) is 13.6. The molecule has 0 spiro atoms. The highest BCUT2D eigenvalue weighted by atomic mass is 16.6. The standard InChI is InChI=1S/C32H47N3O5/c1-8-10-14-21-33-28(37)27(24-17-19-25(36)20-18-24)35(32(6,7)9-2)29(38)26(22-23-15-12-11-13-16-23)34-30(39)40-31(3,4)5/h11-13,15-20,26-27,36H,8-10,14,21-22H2,1-7H3,(H,33,37)(H,34,39). The molecule has 0 aromatic heterocycles. The Kier molecular flexibility index (Phi) is 12.0. The van der Waals surface area contributed by atoms with Crippen LogP contribution in [0.5, 0.6) is 5.75 Å². The van der Waals surface area contributed by atoms with E-state index in [2.05, 4.69) is 17.6 Å². The Balaban J connectivity index is 2.58. The van der Waals surface area contributed by atoms with Gasteiger partial charge in [0, 0.05) is 18.5 Å². The third kappa shape index (κ3) is 9.88. The first-order valence-electron chi connectivity index (χ1n) is 14.2. The van der Waals surface area contributed by atoms with Gasteiger partial charge in [-0.25, -0.2) is 4.79 Å². The predicted molar refractivity (Wildman–Crippen MR) is 158 cm³/mol. The summed E-state index contributed by atoms with van der Waals surface area (Å²) in [4.78, 5) is 42.8. The van der Waals surface area contributed by atoms with Crippen LogP contribution in [0.3, 0.4) is 0 Å². The van der Waals surface area contributed by atoms with Gasteiger partial charge in [0.05, 0.1) is 0 Å². The highest BCUT2D eigenvalue weighted by Gasteiger charge is 2.43. The lowest BCUT2D eigenvalue weighted by molar-refractivity contribution is -0.149. The van der Waals surface area contributed by atoms with Crippen LogP contribution in [0.1, 0.15) is 91.3 Å². The number of alkyl carbamates (subject to hydrolysis) is 1. The number of hydrogen-bond acceptors (Lipinski definition) is 5. The van der Waals surface area contributed by atoms with E-state index >= 15 is 0 Å². The van der Waals surface area contributed by atoms with E-state index < -0.39 is 35.2 Å². The molecular formula is C32H47N3O5. The Labute approximate surface area is 239 Å². The second-order valence-electron chi connectivity index (χ2n) is 11.8. The molecule has 0 bridgehead atoms. The van der Waals surface area contributed by atoms with Gasteiger partial charge >= 0.3 is 6.09 Å². The lowest BCUT2D eigenvalue weighted by atomic mass is 9.91. The van der Waals surface area contributed by atoms with Crippen LogP contribution in [-0.4, -0.2) is 51.6 Å². The Bertz CT molecular complexity index is 1090. The Morgan fingerprint density at radius 3 is 2.10 bits per heavy atom. The zero-order valence-corrected chi connectivity index (χ0v) is 25.1. The van der Waals surface area contributed by atoms with Crippen LogP contribution >= 0.6 is 0 Å². The molecule has 8 nitrogen and oxygen atoms in total. The van der Waals surface area contributed by atoms with Gasteiger partial charge in [-0.05, 0) is 70.7 Å². The quantitative estimate of drug-likeness (QED) is 0.268. The number of phenolic OH excluding ortho intramolecular Hbond substituents is 1. The maximum Gasteiger partial charge on any atom is 0.408 e. The third-order valence-corrected chi connectivity index (χ3v) is 6.82. The topological polar surface area (TPSA) is 108 Å². The molecule has 2 atom stereocenters. The van der Waals surface area contributed by atoms with E-state index in [-0.39, 0.29) is 18.1 Å². The van der Waals surface area contributed by atoms with Crippen LogP contribution in [-0.2, 0) is 20.7 Å². The smallest absolute Gasteiger partial charge is 0.408 e. The fourth-order valence-electron chi connectivity index (χ4n) is 4.37. The van der Waals surface area contributed by atoms with Crippen molar-refractivity contribution in [2.45, 2.75) is 104 Å². The van der Waals surface area contributed by atoms with Crippen molar-refractivity contribution in [3.05, 3.63) is 65.7 Å². The van der Waals surface area contributed by atoms with Crippen LogP contribution in [0.25, 0.3) is 0 Å². The molecule has 0 aliphatic carbocycles. The maximum absolute atomic E-state index is 14.5. The van der Waals surface area contributed by atoms with Crippen molar-refractivity contribution in [2.24, 2.45) is 0 Å². The molecule has 3 amide bonds. The molecule has 0 saturated carbocycles. The van der Waals surface area contributed by atoms with Crippen molar-refractivity contribution in [2.75, 3.05) is 6.54 Å². The average molecular weight is 554 g/mol. The second-order valence-corrected chi connectivity index (χ2v) is 11.8. The van der Waals surface area contributed by atoms with Gasteiger partial charge in [-0.15, -0.1) is 0 Å². The molecule has 40 heavy (non-hydrogen) atoms. The minimum atomic E-state index is -0.990. The summed E-state index contributed by atoms with van der Waals surface area (Å²) in [5.74, 6) is -0.650. The van der Waals surface area contributed by atoms with Crippen molar-refractivity contribution in [3.63, 3.8) is 0 Å². The molecule has 0 fully saturated rings. The lowest BCUT2D eigenvalue weighted by Crippen LogP contribution is -2.59. The van der Waals surface area contributed by atoms with Crippen LogP contribution in [0.2, 0.25) is 0 Å². The molecule has 0 aliphatic rings. The first-order valence-corrected chi connectivity index (χ1v) is 14.2. The first kappa shape index (κ1) is 32.7. The molecule has 2 aromatic rings. The summed E-state index contributed by atoms with van der Waals surface area (Å²) in [5, 5.41) is 15.7. The summed E-state index contributed by atoms with van der Waals surface area (Å²) >= 11 is 0. The van der Waals surface area contributed by atoms with Gasteiger partial charge in [0.15, 0.2) is 0 Å². The predicted octanol–water partition coefficient (Wildman–Crippen LogP) is 5.89. The van der Waals surface area contributed by atoms with Gasteiger partial charge in [-0.3, -0.25) is 9.59 Å². The van der Waals surface area contributed by atoms with Crippen molar-refractivity contribution < 1.29 is 24.2 Å². The number of carbonyl (C=O) groups is 3. The molecule has 0 aliphatic heterocycles. The minimum absolute atomic E-state index is 0.0621. The zero-order chi connectivity index (χ0) is 29.9. The first-order chi connectivity index (χ1) is 18.8. The number of nitrogens with zero attached hydrogens (tertiary/aromatic N) is 1. The maximum atomic E-state index is 14.5. The number of nitrogens with one attached hydrogen (secondary N) is 2. The summed E-state index contributed by atoms with van der Waals surface area (Å²) in [6, 6.07) is 13.8. The van der Waals surface area contributed by atoms with Gasteiger partial charge in [-0.2, -0.15) is 0 Å². The van der Waals surface area contributed by atoms with Gasteiger partial charge in [-0.1, -0.05) is 69.2 Å². The van der Waals surface area contributed by atoms with Crippen molar-refractivity contribution >= 4 is 17.9 Å². The largest absolute Gasteiger partial charge is 0.508 e. The Morgan fingerprint density at radius 1 is 0.925 bits per heavy atom. The second kappa shape index (κ2) is 14.7. The highest BCUT2D eigenvalue weighted by Crippen LogP contribution is 2.33. The molecule has 0 heterocycles. The number of ether oxygens (including phenoxy) is 1. The number of rotatable bonds is 13. The van der Waals surface area contributed by atoms with E-state index in [0.717, 1.165) is 24.8 Å². The van der Waals surface area contributed by atoms with E-state index in [1.807, 2.05) is 51.1 Å². The molecule has 2 aromatic carbocycles. The van der Waals surface area contributed by atoms with Crippen molar-refractivity contribution in [1.29, 1.82) is 0 Å². The average Bonchev–Trinajstić information content (AvgIpc) is 2.89. The van der Waals surface area contributed by atoms with E-state index in [9.17, 15) is 19.5 Å². The van der Waals surface area contributed by atoms with E-state index in [0.29, 0.717) is 18.5 Å². The number of hydrogen-bond donors (Lipinski definition) is 3. The minimum Gasteiger partial charge on any atom is -0.508 e. The number of carbonyl (C=O) groups excluding carboxylic acids is 3. The molecule has 3 N–H and O–H groups in total. The van der Waals surface area contributed by atoms with E-state index in [1.165, 1.54) is 12.1 Å². The highest BCUT2D eigenvalue weighted by molar-refractivity contribution is 5.93. The molecular weight excluding hydrogens is 506 g/mol. The lowest BCUT2D eigenvalue weighted by Gasteiger charge is -2.44. The fourth-order valence-corrected chi connectivity index (χ4v) is 4.37. The summed E-state index contributed by atoms with van der Waals surface area (Å²) in [5.41, 5.74) is -0.0854. The Hall–Kier alpha value is -3.55. The number of amides is 3. The van der Waals surface area contributed by atoms with Gasteiger partial charge < -0.3 is 25.4 Å². The summed E-state index contributed by atoms with van der Waals surface area (Å²) < 4.78 is 5.50.